The molecular formula is C12H13FN2O. The van der Waals surface area contributed by atoms with Gasteiger partial charge in [-0.3, -0.25) is 0 Å². The smallest absolute Gasteiger partial charge is 0.153 e. The molecule has 1 aliphatic rings. The van der Waals surface area contributed by atoms with Gasteiger partial charge in [0.2, 0.25) is 0 Å². The van der Waals surface area contributed by atoms with E-state index in [4.69, 9.17) is 4.74 Å². The lowest BCUT2D eigenvalue weighted by atomic mass is 9.93. The van der Waals surface area contributed by atoms with Crippen LogP contribution in [0.25, 0.3) is 0 Å². The van der Waals surface area contributed by atoms with E-state index in [0.29, 0.717) is 13.0 Å². The molecule has 0 amide bonds. The normalized spacial score (nSPS) is 28.7. The van der Waals surface area contributed by atoms with E-state index >= 15 is 0 Å². The van der Waals surface area contributed by atoms with Crippen LogP contribution in [0.5, 0.6) is 0 Å². The van der Waals surface area contributed by atoms with Crippen LogP contribution in [0.3, 0.4) is 0 Å². The first-order valence-electron chi connectivity index (χ1n) is 5.23. The van der Waals surface area contributed by atoms with Gasteiger partial charge in [0, 0.05) is 12.1 Å². The van der Waals surface area contributed by atoms with Gasteiger partial charge in [0.15, 0.2) is 5.54 Å². The van der Waals surface area contributed by atoms with Crippen molar-refractivity contribution >= 4 is 5.69 Å². The zero-order valence-electron chi connectivity index (χ0n) is 9.03. The molecule has 3 nitrogen and oxygen atoms in total. The minimum absolute atomic E-state index is 0.164. The van der Waals surface area contributed by atoms with E-state index in [1.165, 1.54) is 12.1 Å². The highest BCUT2D eigenvalue weighted by molar-refractivity contribution is 5.48. The van der Waals surface area contributed by atoms with Gasteiger partial charge in [-0.1, -0.05) is 0 Å². The van der Waals surface area contributed by atoms with E-state index < -0.39 is 5.54 Å². The Morgan fingerprint density at radius 3 is 2.69 bits per heavy atom. The lowest BCUT2D eigenvalue weighted by Crippen LogP contribution is -2.43. The predicted octanol–water partition coefficient (Wildman–Crippen LogP) is 2.31. The third kappa shape index (κ3) is 1.86. The standard InChI is InChI=1S/C12H13FN2O/c1-9-12(8-14,6-7-16-9)15-11-4-2-10(13)3-5-11/h2-5,9,15H,6-7H2,1H3. The van der Waals surface area contributed by atoms with Crippen molar-refractivity contribution < 1.29 is 9.13 Å². The molecule has 0 saturated carbocycles. The van der Waals surface area contributed by atoms with Crippen molar-refractivity contribution in [2.24, 2.45) is 0 Å². The van der Waals surface area contributed by atoms with E-state index in [-0.39, 0.29) is 11.9 Å². The predicted molar refractivity (Wildman–Crippen MR) is 58.4 cm³/mol. The van der Waals surface area contributed by atoms with Crippen molar-refractivity contribution in [3.05, 3.63) is 30.1 Å². The van der Waals surface area contributed by atoms with E-state index in [0.717, 1.165) is 5.69 Å². The fourth-order valence-corrected chi connectivity index (χ4v) is 1.87. The van der Waals surface area contributed by atoms with Gasteiger partial charge in [0.1, 0.15) is 5.82 Å². The van der Waals surface area contributed by atoms with Gasteiger partial charge in [-0.15, -0.1) is 0 Å². The summed E-state index contributed by atoms with van der Waals surface area (Å²) in [7, 11) is 0. The third-order valence-corrected chi connectivity index (χ3v) is 2.97. The first-order chi connectivity index (χ1) is 7.66. The van der Waals surface area contributed by atoms with Crippen molar-refractivity contribution in [3.63, 3.8) is 0 Å². The summed E-state index contributed by atoms with van der Waals surface area (Å²) in [5.41, 5.74) is 0.0398. The molecule has 1 N–H and O–H groups in total. The molecule has 1 fully saturated rings. The van der Waals surface area contributed by atoms with Crippen LogP contribution >= 0.6 is 0 Å². The van der Waals surface area contributed by atoms with Crippen LogP contribution in [0.4, 0.5) is 10.1 Å². The molecule has 84 valence electrons. The first-order valence-corrected chi connectivity index (χ1v) is 5.23. The number of anilines is 1. The molecule has 0 aliphatic carbocycles. The molecule has 0 bridgehead atoms. The molecule has 0 radical (unpaired) electrons. The number of nitriles is 1. The minimum Gasteiger partial charge on any atom is -0.375 e. The average Bonchev–Trinajstić information content (AvgIpc) is 2.64. The molecule has 2 rings (SSSR count). The Morgan fingerprint density at radius 2 is 2.19 bits per heavy atom. The quantitative estimate of drug-likeness (QED) is 0.831. The van der Waals surface area contributed by atoms with Gasteiger partial charge in [-0.25, -0.2) is 4.39 Å². The summed E-state index contributed by atoms with van der Waals surface area (Å²) in [6.45, 7) is 2.44. The molecule has 4 heteroatoms. The van der Waals surface area contributed by atoms with Gasteiger partial charge < -0.3 is 10.1 Å². The number of rotatable bonds is 2. The molecule has 0 aromatic heterocycles. The zero-order valence-corrected chi connectivity index (χ0v) is 9.03. The summed E-state index contributed by atoms with van der Waals surface area (Å²) in [6, 6.07) is 8.25. The maximum Gasteiger partial charge on any atom is 0.153 e. The average molecular weight is 220 g/mol. The molecule has 1 aromatic rings. The number of nitrogens with one attached hydrogen (secondary N) is 1. The molecule has 1 saturated heterocycles. The van der Waals surface area contributed by atoms with E-state index in [1.807, 2.05) is 6.92 Å². The van der Waals surface area contributed by atoms with Crippen LogP contribution in [0.1, 0.15) is 13.3 Å². The molecule has 2 unspecified atom stereocenters. The van der Waals surface area contributed by atoms with E-state index in [2.05, 4.69) is 11.4 Å². The van der Waals surface area contributed by atoms with Crippen molar-refractivity contribution in [1.82, 2.24) is 0 Å². The molecule has 1 aliphatic heterocycles. The van der Waals surface area contributed by atoms with Crippen molar-refractivity contribution in [2.75, 3.05) is 11.9 Å². The number of hydrogen-bond donors (Lipinski definition) is 1. The van der Waals surface area contributed by atoms with Gasteiger partial charge in [0.25, 0.3) is 0 Å². The largest absolute Gasteiger partial charge is 0.375 e. The van der Waals surface area contributed by atoms with Crippen LogP contribution in [0, 0.1) is 17.1 Å². The van der Waals surface area contributed by atoms with Crippen molar-refractivity contribution in [1.29, 1.82) is 5.26 Å². The summed E-state index contributed by atoms with van der Waals surface area (Å²) in [4.78, 5) is 0. The van der Waals surface area contributed by atoms with Crippen LogP contribution < -0.4 is 5.32 Å². The lowest BCUT2D eigenvalue weighted by molar-refractivity contribution is 0.112. The summed E-state index contributed by atoms with van der Waals surface area (Å²) < 4.78 is 18.1. The van der Waals surface area contributed by atoms with Crippen LogP contribution in [-0.2, 0) is 4.74 Å². The first kappa shape index (κ1) is 10.9. The number of halogens is 1. The molecule has 1 aromatic carbocycles. The Bertz CT molecular complexity index is 412. The molecular weight excluding hydrogens is 207 g/mol. The fraction of sp³-hybridized carbons (Fsp3) is 0.417. The molecule has 0 spiro atoms. The monoisotopic (exact) mass is 220 g/mol. The van der Waals surface area contributed by atoms with Gasteiger partial charge in [-0.2, -0.15) is 5.26 Å². The number of ether oxygens (including phenoxy) is 1. The van der Waals surface area contributed by atoms with Crippen molar-refractivity contribution in [3.8, 4) is 6.07 Å². The Labute approximate surface area is 93.8 Å². The zero-order chi connectivity index (χ0) is 11.6. The minimum atomic E-state index is -0.697. The molecule has 2 atom stereocenters. The second-order valence-corrected chi connectivity index (χ2v) is 3.98. The summed E-state index contributed by atoms with van der Waals surface area (Å²) >= 11 is 0. The summed E-state index contributed by atoms with van der Waals surface area (Å²) in [5, 5.41) is 12.4. The second-order valence-electron chi connectivity index (χ2n) is 3.98. The van der Waals surface area contributed by atoms with Crippen LogP contribution in [-0.4, -0.2) is 18.2 Å². The highest BCUT2D eigenvalue weighted by Crippen LogP contribution is 2.29. The van der Waals surface area contributed by atoms with Gasteiger partial charge in [0.05, 0.1) is 18.8 Å². The third-order valence-electron chi connectivity index (χ3n) is 2.97. The highest BCUT2D eigenvalue weighted by atomic mass is 19.1. The number of benzene rings is 1. The SMILES string of the molecule is CC1OCCC1(C#N)Nc1ccc(F)cc1. The molecule has 16 heavy (non-hydrogen) atoms. The maximum atomic E-state index is 12.7. The van der Waals surface area contributed by atoms with Gasteiger partial charge in [-0.05, 0) is 31.2 Å². The lowest BCUT2D eigenvalue weighted by Gasteiger charge is -2.26. The summed E-state index contributed by atoms with van der Waals surface area (Å²) in [5.74, 6) is -0.285. The van der Waals surface area contributed by atoms with Crippen molar-refractivity contribution in [2.45, 2.75) is 25.0 Å². The molecule has 1 heterocycles. The fourth-order valence-electron chi connectivity index (χ4n) is 1.87. The maximum absolute atomic E-state index is 12.7. The van der Waals surface area contributed by atoms with E-state index in [1.54, 1.807) is 12.1 Å². The topological polar surface area (TPSA) is 45.0 Å². The number of nitrogens with zero attached hydrogens (tertiary/aromatic N) is 1. The summed E-state index contributed by atoms with van der Waals surface area (Å²) in [6.07, 6.45) is 0.477. The second kappa shape index (κ2) is 4.11. The van der Waals surface area contributed by atoms with Gasteiger partial charge >= 0.3 is 0 Å². The number of hydrogen-bond acceptors (Lipinski definition) is 3. The Morgan fingerprint density at radius 1 is 1.50 bits per heavy atom. The van der Waals surface area contributed by atoms with E-state index in [9.17, 15) is 9.65 Å². The Kier molecular flexibility index (Phi) is 2.80. The van der Waals surface area contributed by atoms with Crippen LogP contribution in [0.2, 0.25) is 0 Å². The van der Waals surface area contributed by atoms with Crippen LogP contribution in [0.15, 0.2) is 24.3 Å². The highest BCUT2D eigenvalue weighted by Gasteiger charge is 2.41. The Hall–Kier alpha value is -1.60. The Balaban J connectivity index is 2.19.